The fourth-order valence-corrected chi connectivity index (χ4v) is 7.90. The normalized spacial score (nSPS) is 50.0. The predicted octanol–water partition coefficient (Wildman–Crippen LogP) is 4.77. The summed E-state index contributed by atoms with van der Waals surface area (Å²) in [6.07, 6.45) is 9.69. The zero-order chi connectivity index (χ0) is 18.0. The number of rotatable bonds is 2. The van der Waals surface area contributed by atoms with Crippen LogP contribution < -0.4 is 0 Å². The van der Waals surface area contributed by atoms with Gasteiger partial charge < -0.3 is 0 Å². The maximum atomic E-state index is 11.1. The molecule has 4 rings (SSSR count). The van der Waals surface area contributed by atoms with E-state index in [2.05, 4.69) is 20.4 Å². The zero-order valence-electron chi connectivity index (χ0n) is 15.5. The highest BCUT2D eigenvalue weighted by atomic mass is 32.3. The number of allylic oxidation sites excluding steroid dienone is 1. The van der Waals surface area contributed by atoms with E-state index in [0.717, 1.165) is 37.0 Å². The molecule has 0 saturated heterocycles. The summed E-state index contributed by atoms with van der Waals surface area (Å²) in [4.78, 5) is 0. The summed E-state index contributed by atoms with van der Waals surface area (Å²) in [7, 11) is -4.34. The maximum Gasteiger partial charge on any atom is 0.397 e. The Hall–Kier alpha value is -0.390. The monoisotopic (exact) mass is 368 g/mol. The molecule has 4 saturated carbocycles. The van der Waals surface area contributed by atoms with E-state index < -0.39 is 10.4 Å². The molecule has 0 aromatic rings. The summed E-state index contributed by atoms with van der Waals surface area (Å²) < 4.78 is 36.1. The molecule has 4 aliphatic rings. The van der Waals surface area contributed by atoms with E-state index in [1.807, 2.05) is 0 Å². The van der Waals surface area contributed by atoms with Gasteiger partial charge in [-0.2, -0.15) is 8.42 Å². The van der Waals surface area contributed by atoms with E-state index in [4.69, 9.17) is 8.74 Å². The molecular formula is C20H32O4S. The average Bonchev–Trinajstić information content (AvgIpc) is 2.82. The van der Waals surface area contributed by atoms with Crippen molar-refractivity contribution in [2.24, 2.45) is 34.5 Å². The topological polar surface area (TPSA) is 63.6 Å². The van der Waals surface area contributed by atoms with Gasteiger partial charge in [-0.3, -0.25) is 4.55 Å². The number of fused-ring (bicyclic) bond motifs is 5. The van der Waals surface area contributed by atoms with Crippen LogP contribution in [-0.4, -0.2) is 19.1 Å². The lowest BCUT2D eigenvalue weighted by atomic mass is 9.45. The summed E-state index contributed by atoms with van der Waals surface area (Å²) in [6.45, 7) is 9.30. The third-order valence-electron chi connectivity index (χ3n) is 8.83. The van der Waals surface area contributed by atoms with Crippen molar-refractivity contribution in [2.75, 3.05) is 0 Å². The minimum atomic E-state index is -4.34. The molecule has 142 valence electrons. The highest BCUT2D eigenvalue weighted by Crippen LogP contribution is 2.67. The van der Waals surface area contributed by atoms with Crippen molar-refractivity contribution < 1.29 is 17.2 Å². The minimum Gasteiger partial charge on any atom is -0.264 e. The minimum absolute atomic E-state index is 0.299. The van der Waals surface area contributed by atoms with Crippen molar-refractivity contribution in [3.05, 3.63) is 12.2 Å². The standard InChI is InChI=1S/C20H32O4S/c1-13-4-7-17-16-6-5-14-12-15(24-25(21,22)23)8-10-20(14,3)18(16)9-11-19(13,17)2/h14-18H,1,4-12H2,2-3H3,(H,21,22,23)/t14-,15-,16+,17+,18+,19-,20+/m1/s1. The fourth-order valence-electron chi connectivity index (χ4n) is 7.39. The molecule has 0 unspecified atom stereocenters. The fraction of sp³-hybridized carbons (Fsp3) is 0.900. The molecule has 7 atom stereocenters. The molecule has 0 aromatic carbocycles. The van der Waals surface area contributed by atoms with E-state index in [1.165, 1.54) is 44.1 Å². The van der Waals surface area contributed by atoms with Gasteiger partial charge in [0.25, 0.3) is 0 Å². The summed E-state index contributed by atoms with van der Waals surface area (Å²) in [5, 5.41) is 0. The van der Waals surface area contributed by atoms with Gasteiger partial charge in [-0.25, -0.2) is 4.18 Å². The predicted molar refractivity (Wildman–Crippen MR) is 97.3 cm³/mol. The van der Waals surface area contributed by atoms with Crippen molar-refractivity contribution in [3.63, 3.8) is 0 Å². The van der Waals surface area contributed by atoms with E-state index in [0.29, 0.717) is 16.7 Å². The van der Waals surface area contributed by atoms with Crippen LogP contribution in [0.1, 0.15) is 71.6 Å². The molecule has 25 heavy (non-hydrogen) atoms. The molecule has 0 spiro atoms. The molecular weight excluding hydrogens is 336 g/mol. The number of hydrogen-bond donors (Lipinski definition) is 1. The lowest BCUT2D eigenvalue weighted by Crippen LogP contribution is -2.53. The Balaban J connectivity index is 1.54. The van der Waals surface area contributed by atoms with Gasteiger partial charge in [-0.1, -0.05) is 26.0 Å². The Kier molecular flexibility index (Phi) is 4.18. The van der Waals surface area contributed by atoms with Crippen LogP contribution in [0, 0.1) is 34.5 Å². The molecule has 0 heterocycles. The molecule has 0 bridgehead atoms. The smallest absolute Gasteiger partial charge is 0.264 e. The highest BCUT2D eigenvalue weighted by molar-refractivity contribution is 7.80. The Labute approximate surface area is 152 Å². The van der Waals surface area contributed by atoms with Gasteiger partial charge in [0.15, 0.2) is 0 Å². The van der Waals surface area contributed by atoms with Gasteiger partial charge in [-0.15, -0.1) is 0 Å². The van der Waals surface area contributed by atoms with Crippen LogP contribution in [0.25, 0.3) is 0 Å². The second-order valence-electron chi connectivity index (χ2n) is 9.68. The van der Waals surface area contributed by atoms with E-state index in [1.54, 1.807) is 0 Å². The van der Waals surface area contributed by atoms with Gasteiger partial charge >= 0.3 is 10.4 Å². The Bertz CT molecular complexity index is 671. The molecule has 0 aromatic heterocycles. The second kappa shape index (κ2) is 5.80. The molecule has 4 fully saturated rings. The van der Waals surface area contributed by atoms with Gasteiger partial charge in [0, 0.05) is 0 Å². The molecule has 5 heteroatoms. The quantitative estimate of drug-likeness (QED) is 0.563. The van der Waals surface area contributed by atoms with Gasteiger partial charge in [0.05, 0.1) is 6.10 Å². The maximum absolute atomic E-state index is 11.1. The number of hydrogen-bond acceptors (Lipinski definition) is 3. The van der Waals surface area contributed by atoms with Crippen molar-refractivity contribution in [1.29, 1.82) is 0 Å². The lowest BCUT2D eigenvalue weighted by Gasteiger charge is -2.60. The van der Waals surface area contributed by atoms with Gasteiger partial charge in [-0.05, 0) is 92.3 Å². The van der Waals surface area contributed by atoms with Crippen LogP contribution in [0.2, 0.25) is 0 Å². The second-order valence-corrected chi connectivity index (χ2v) is 10.7. The molecule has 1 N–H and O–H groups in total. The molecule has 4 aliphatic carbocycles. The lowest BCUT2D eigenvalue weighted by molar-refractivity contribution is -0.113. The van der Waals surface area contributed by atoms with Crippen LogP contribution >= 0.6 is 0 Å². The van der Waals surface area contributed by atoms with E-state index in [-0.39, 0.29) is 6.10 Å². The summed E-state index contributed by atoms with van der Waals surface area (Å²) in [6, 6.07) is 0. The third kappa shape index (κ3) is 2.81. The van der Waals surface area contributed by atoms with Gasteiger partial charge in [0.1, 0.15) is 0 Å². The molecule has 4 nitrogen and oxygen atoms in total. The Morgan fingerprint density at radius 2 is 1.84 bits per heavy atom. The van der Waals surface area contributed by atoms with Crippen molar-refractivity contribution >= 4 is 10.4 Å². The van der Waals surface area contributed by atoms with E-state index in [9.17, 15) is 8.42 Å². The summed E-state index contributed by atoms with van der Waals surface area (Å²) >= 11 is 0. The van der Waals surface area contributed by atoms with Crippen LogP contribution in [0.15, 0.2) is 12.2 Å². The largest absolute Gasteiger partial charge is 0.397 e. The van der Waals surface area contributed by atoms with Crippen molar-refractivity contribution in [1.82, 2.24) is 0 Å². The first kappa shape index (κ1) is 18.0. The van der Waals surface area contributed by atoms with Crippen molar-refractivity contribution in [2.45, 2.75) is 77.7 Å². The van der Waals surface area contributed by atoms with E-state index >= 15 is 0 Å². The first-order valence-electron chi connectivity index (χ1n) is 9.97. The van der Waals surface area contributed by atoms with Crippen molar-refractivity contribution in [3.8, 4) is 0 Å². The average molecular weight is 369 g/mol. The zero-order valence-corrected chi connectivity index (χ0v) is 16.4. The van der Waals surface area contributed by atoms with Crippen LogP contribution in [0.5, 0.6) is 0 Å². The summed E-state index contributed by atoms with van der Waals surface area (Å²) in [5.41, 5.74) is 2.14. The molecule has 0 amide bonds. The Morgan fingerprint density at radius 1 is 1.08 bits per heavy atom. The van der Waals surface area contributed by atoms with Crippen LogP contribution in [0.3, 0.4) is 0 Å². The first-order valence-corrected chi connectivity index (χ1v) is 11.3. The molecule has 0 aliphatic heterocycles. The summed E-state index contributed by atoms with van der Waals surface area (Å²) in [5.74, 6) is 2.87. The molecule has 0 radical (unpaired) electrons. The SMILES string of the molecule is C=C1CC[C@H]2[C@@H]3CC[C@@H]4C[C@H](OS(=O)(=O)O)CC[C@]4(C)[C@H]3CC[C@]12C. The van der Waals surface area contributed by atoms with Crippen LogP contribution in [0.4, 0.5) is 0 Å². The van der Waals surface area contributed by atoms with Gasteiger partial charge in [0.2, 0.25) is 0 Å². The Morgan fingerprint density at radius 3 is 2.56 bits per heavy atom. The van der Waals surface area contributed by atoms with Crippen LogP contribution in [-0.2, 0) is 14.6 Å². The third-order valence-corrected chi connectivity index (χ3v) is 9.35. The first-order chi connectivity index (χ1) is 11.6. The highest BCUT2D eigenvalue weighted by Gasteiger charge is 2.58.